The zero-order valence-electron chi connectivity index (χ0n) is 23.0. The summed E-state index contributed by atoms with van der Waals surface area (Å²) in [5, 5.41) is 0. The SMILES string of the molecule is CC(=O)[C@H]1CCN(C(=O)OC(C)(C)C)CC1Cc1cccc(OCCc2nc(-c3ccccc3)oc2C)c1. The number of oxazole rings is 1. The van der Waals surface area contributed by atoms with E-state index in [4.69, 9.17) is 13.9 Å². The highest BCUT2D eigenvalue weighted by molar-refractivity contribution is 5.79. The number of Topliss-reactive ketones (excluding diaryl/α,β-unsaturated/α-hetero) is 1. The van der Waals surface area contributed by atoms with Gasteiger partial charge in [0, 0.05) is 31.0 Å². The number of carbonyl (C=O) groups excluding carboxylic acids is 2. The molecule has 1 aromatic heterocycles. The second-order valence-corrected chi connectivity index (χ2v) is 11.0. The molecule has 7 nitrogen and oxygen atoms in total. The number of hydrogen-bond acceptors (Lipinski definition) is 6. The minimum Gasteiger partial charge on any atom is -0.493 e. The van der Waals surface area contributed by atoms with E-state index >= 15 is 0 Å². The first-order valence-electron chi connectivity index (χ1n) is 13.3. The Kier molecular flexibility index (Phi) is 8.55. The van der Waals surface area contributed by atoms with Gasteiger partial charge in [-0.1, -0.05) is 30.3 Å². The molecule has 0 N–H and O–H groups in total. The first-order chi connectivity index (χ1) is 18.1. The minimum atomic E-state index is -0.552. The van der Waals surface area contributed by atoms with Crippen molar-refractivity contribution in [2.45, 2.75) is 59.5 Å². The molecule has 1 aliphatic heterocycles. The fourth-order valence-electron chi connectivity index (χ4n) is 4.96. The average molecular weight is 519 g/mol. The molecule has 2 atom stereocenters. The number of ketones is 1. The highest BCUT2D eigenvalue weighted by atomic mass is 16.6. The summed E-state index contributed by atoms with van der Waals surface area (Å²) in [6.07, 6.45) is 1.65. The van der Waals surface area contributed by atoms with E-state index in [1.807, 2.05) is 82.3 Å². The first kappa shape index (κ1) is 27.4. The Morgan fingerprint density at radius 2 is 1.87 bits per heavy atom. The van der Waals surface area contributed by atoms with Crippen molar-refractivity contribution >= 4 is 11.9 Å². The number of aryl methyl sites for hydroxylation is 1. The summed E-state index contributed by atoms with van der Waals surface area (Å²) in [4.78, 5) is 31.5. The van der Waals surface area contributed by atoms with Crippen LogP contribution in [0.5, 0.6) is 5.75 Å². The Hall–Kier alpha value is -3.61. The lowest BCUT2D eigenvalue weighted by Crippen LogP contribution is -2.47. The highest BCUT2D eigenvalue weighted by Gasteiger charge is 2.35. The van der Waals surface area contributed by atoms with Crippen molar-refractivity contribution in [3.05, 3.63) is 71.6 Å². The highest BCUT2D eigenvalue weighted by Crippen LogP contribution is 2.30. The number of hydrogen-bond donors (Lipinski definition) is 0. The van der Waals surface area contributed by atoms with Crippen LogP contribution in [0.4, 0.5) is 4.79 Å². The van der Waals surface area contributed by atoms with Crippen molar-refractivity contribution in [1.82, 2.24) is 9.88 Å². The van der Waals surface area contributed by atoms with Gasteiger partial charge in [-0.25, -0.2) is 9.78 Å². The summed E-state index contributed by atoms with van der Waals surface area (Å²) < 4.78 is 17.5. The fraction of sp³-hybridized carbons (Fsp3) is 0.452. The fourth-order valence-corrected chi connectivity index (χ4v) is 4.96. The Morgan fingerprint density at radius 3 is 2.58 bits per heavy atom. The normalized spacial score (nSPS) is 17.8. The van der Waals surface area contributed by atoms with Crippen molar-refractivity contribution in [3.8, 4) is 17.2 Å². The molecule has 7 heteroatoms. The van der Waals surface area contributed by atoms with Gasteiger partial charge >= 0.3 is 6.09 Å². The van der Waals surface area contributed by atoms with E-state index in [2.05, 4.69) is 4.98 Å². The molecular formula is C31H38N2O5. The van der Waals surface area contributed by atoms with Gasteiger partial charge in [-0.05, 0) is 83.2 Å². The standard InChI is InChI=1S/C31H38N2O5/c1-21(34)27-14-16-33(30(35)38-31(3,4)5)20-25(27)18-23-10-9-13-26(19-23)36-17-15-28-22(2)37-29(32-28)24-11-7-6-8-12-24/h6-13,19,25,27H,14-18,20H2,1-5H3/t25?,27-/m1/s1. The Morgan fingerprint density at radius 1 is 1.11 bits per heavy atom. The molecule has 1 amide bonds. The molecule has 0 spiro atoms. The Balaban J connectivity index is 1.37. The van der Waals surface area contributed by atoms with Gasteiger partial charge in [0.25, 0.3) is 0 Å². The topological polar surface area (TPSA) is 81.9 Å². The van der Waals surface area contributed by atoms with Crippen LogP contribution in [0.3, 0.4) is 0 Å². The zero-order chi connectivity index (χ0) is 27.3. The predicted molar refractivity (Wildman–Crippen MR) is 146 cm³/mol. The second-order valence-electron chi connectivity index (χ2n) is 11.0. The third-order valence-electron chi connectivity index (χ3n) is 6.83. The van der Waals surface area contributed by atoms with E-state index in [1.165, 1.54) is 0 Å². The average Bonchev–Trinajstić information content (AvgIpc) is 3.24. The van der Waals surface area contributed by atoms with E-state index in [0.717, 1.165) is 28.3 Å². The Bertz CT molecular complexity index is 1240. The van der Waals surface area contributed by atoms with Crippen molar-refractivity contribution < 1.29 is 23.5 Å². The molecule has 3 aromatic rings. The number of piperidine rings is 1. The minimum absolute atomic E-state index is 0.0261. The van der Waals surface area contributed by atoms with E-state index in [9.17, 15) is 9.59 Å². The second kappa shape index (κ2) is 11.8. The van der Waals surface area contributed by atoms with Gasteiger partial charge in [0.15, 0.2) is 0 Å². The Labute approximate surface area is 225 Å². The van der Waals surface area contributed by atoms with Gasteiger partial charge in [0.2, 0.25) is 5.89 Å². The van der Waals surface area contributed by atoms with Gasteiger partial charge in [-0.15, -0.1) is 0 Å². The molecule has 2 aromatic carbocycles. The van der Waals surface area contributed by atoms with Crippen molar-refractivity contribution in [1.29, 1.82) is 0 Å². The number of carbonyl (C=O) groups is 2. The number of amides is 1. The van der Waals surface area contributed by atoms with Gasteiger partial charge in [0.05, 0.1) is 12.3 Å². The largest absolute Gasteiger partial charge is 0.493 e. The zero-order valence-corrected chi connectivity index (χ0v) is 23.0. The first-order valence-corrected chi connectivity index (χ1v) is 13.3. The summed E-state index contributed by atoms with van der Waals surface area (Å²) in [5.74, 6) is 2.30. The molecule has 0 saturated carbocycles. The third-order valence-corrected chi connectivity index (χ3v) is 6.83. The molecular weight excluding hydrogens is 480 g/mol. The molecule has 38 heavy (non-hydrogen) atoms. The number of benzene rings is 2. The van der Waals surface area contributed by atoms with Crippen LogP contribution in [0.2, 0.25) is 0 Å². The third kappa shape index (κ3) is 7.24. The van der Waals surface area contributed by atoms with Gasteiger partial charge in [0.1, 0.15) is 22.9 Å². The van der Waals surface area contributed by atoms with Crippen molar-refractivity contribution in [2.24, 2.45) is 11.8 Å². The van der Waals surface area contributed by atoms with Crippen molar-refractivity contribution in [3.63, 3.8) is 0 Å². The van der Waals surface area contributed by atoms with Gasteiger partial charge in [-0.3, -0.25) is 4.79 Å². The summed E-state index contributed by atoms with van der Waals surface area (Å²) in [6.45, 7) is 10.7. The van der Waals surface area contributed by atoms with Crippen LogP contribution in [0.1, 0.15) is 51.1 Å². The van der Waals surface area contributed by atoms with Crippen LogP contribution in [-0.2, 0) is 22.4 Å². The lowest BCUT2D eigenvalue weighted by Gasteiger charge is -2.38. The van der Waals surface area contributed by atoms with Crippen LogP contribution in [0.15, 0.2) is 59.0 Å². The maximum absolute atomic E-state index is 12.7. The molecule has 0 aliphatic carbocycles. The molecule has 2 heterocycles. The van der Waals surface area contributed by atoms with Crippen LogP contribution >= 0.6 is 0 Å². The van der Waals surface area contributed by atoms with Crippen LogP contribution < -0.4 is 4.74 Å². The molecule has 202 valence electrons. The molecule has 0 bridgehead atoms. The lowest BCUT2D eigenvalue weighted by atomic mass is 9.79. The van der Waals surface area contributed by atoms with Crippen LogP contribution in [0.25, 0.3) is 11.5 Å². The number of ether oxygens (including phenoxy) is 2. The van der Waals surface area contributed by atoms with Crippen LogP contribution in [0, 0.1) is 18.8 Å². The summed E-state index contributed by atoms with van der Waals surface area (Å²) in [7, 11) is 0. The van der Waals surface area contributed by atoms with E-state index in [1.54, 1.807) is 11.8 Å². The smallest absolute Gasteiger partial charge is 0.410 e. The summed E-state index contributed by atoms with van der Waals surface area (Å²) in [5.41, 5.74) is 2.36. The monoisotopic (exact) mass is 518 g/mol. The van der Waals surface area contributed by atoms with Crippen molar-refractivity contribution in [2.75, 3.05) is 19.7 Å². The van der Waals surface area contributed by atoms with E-state index < -0.39 is 5.60 Å². The predicted octanol–water partition coefficient (Wildman–Crippen LogP) is 6.28. The summed E-state index contributed by atoms with van der Waals surface area (Å²) in [6, 6.07) is 17.8. The molecule has 1 fully saturated rings. The number of likely N-dealkylation sites (tertiary alicyclic amines) is 1. The molecule has 1 saturated heterocycles. The van der Waals surface area contributed by atoms with Gasteiger partial charge < -0.3 is 18.8 Å². The maximum atomic E-state index is 12.7. The summed E-state index contributed by atoms with van der Waals surface area (Å²) >= 11 is 0. The van der Waals surface area contributed by atoms with E-state index in [0.29, 0.717) is 44.8 Å². The molecule has 1 aliphatic rings. The molecule has 1 unspecified atom stereocenters. The number of aromatic nitrogens is 1. The quantitative estimate of drug-likeness (QED) is 0.349. The van der Waals surface area contributed by atoms with Gasteiger partial charge in [-0.2, -0.15) is 0 Å². The molecule has 0 radical (unpaired) electrons. The lowest BCUT2D eigenvalue weighted by molar-refractivity contribution is -0.124. The maximum Gasteiger partial charge on any atom is 0.410 e. The van der Waals surface area contributed by atoms with Crippen LogP contribution in [-0.4, -0.2) is 47.1 Å². The molecule has 4 rings (SSSR count). The number of nitrogens with zero attached hydrogens (tertiary/aromatic N) is 2. The van der Waals surface area contributed by atoms with E-state index in [-0.39, 0.29) is 23.7 Å². The number of rotatable bonds is 8.